The minimum Gasteiger partial charge on any atom is -0.356 e. The van der Waals surface area contributed by atoms with Crippen LogP contribution in [0.4, 0.5) is 0 Å². The van der Waals surface area contributed by atoms with Gasteiger partial charge in [-0.1, -0.05) is 55.8 Å². The first kappa shape index (κ1) is 25.9. The number of hydrogen-bond donors (Lipinski definition) is 2. The molecule has 1 heterocycles. The average molecular weight is 479 g/mol. The van der Waals surface area contributed by atoms with E-state index < -0.39 is 5.69 Å². The summed E-state index contributed by atoms with van der Waals surface area (Å²) in [7, 11) is 0. The van der Waals surface area contributed by atoms with Crippen molar-refractivity contribution < 1.29 is 9.59 Å². The van der Waals surface area contributed by atoms with Gasteiger partial charge in [-0.3, -0.25) is 23.5 Å². The summed E-state index contributed by atoms with van der Waals surface area (Å²) in [6.07, 6.45) is 1.40. The highest BCUT2D eigenvalue weighted by atomic mass is 16.2. The smallest absolute Gasteiger partial charge is 0.331 e. The molecule has 0 radical (unpaired) electrons. The van der Waals surface area contributed by atoms with Gasteiger partial charge in [0.1, 0.15) is 6.54 Å². The van der Waals surface area contributed by atoms with Crippen LogP contribution in [0.3, 0.4) is 0 Å². The molecule has 2 N–H and O–H groups in total. The molecule has 8 heteroatoms. The number of nitrogens with zero attached hydrogens (tertiary/aromatic N) is 2. The summed E-state index contributed by atoms with van der Waals surface area (Å²) in [5, 5.41) is 6.10. The number of para-hydroxylation sites is 1. The Bertz CT molecular complexity index is 1290. The minimum absolute atomic E-state index is 0.0350. The maximum absolute atomic E-state index is 13.2. The molecule has 0 unspecified atom stereocenters. The number of aryl methyl sites for hydroxylation is 1. The molecule has 0 saturated carbocycles. The molecule has 0 saturated heterocycles. The van der Waals surface area contributed by atoms with Gasteiger partial charge in [0.05, 0.1) is 10.9 Å². The quantitative estimate of drug-likeness (QED) is 0.414. The molecular weight excluding hydrogens is 444 g/mol. The first-order valence-corrected chi connectivity index (χ1v) is 12.1. The fourth-order valence-corrected chi connectivity index (χ4v) is 3.79. The van der Waals surface area contributed by atoms with E-state index in [0.717, 1.165) is 11.1 Å². The Morgan fingerprint density at radius 1 is 0.886 bits per heavy atom. The van der Waals surface area contributed by atoms with Gasteiger partial charge >= 0.3 is 5.69 Å². The normalized spacial score (nSPS) is 11.1. The molecule has 3 aromatic rings. The van der Waals surface area contributed by atoms with E-state index in [1.54, 1.807) is 24.3 Å². The van der Waals surface area contributed by atoms with E-state index in [1.807, 2.05) is 45.0 Å². The second kappa shape index (κ2) is 12.1. The molecule has 8 nitrogen and oxygen atoms in total. The van der Waals surface area contributed by atoms with Crippen molar-refractivity contribution in [2.45, 2.75) is 59.7 Å². The molecule has 0 aliphatic carbocycles. The fourth-order valence-electron chi connectivity index (χ4n) is 3.79. The van der Waals surface area contributed by atoms with Crippen LogP contribution in [0.5, 0.6) is 0 Å². The van der Waals surface area contributed by atoms with E-state index in [-0.39, 0.29) is 30.5 Å². The highest BCUT2D eigenvalue weighted by molar-refractivity contribution is 5.81. The van der Waals surface area contributed by atoms with Gasteiger partial charge in [-0.2, -0.15) is 0 Å². The number of hydrogen-bond acceptors (Lipinski definition) is 4. The highest BCUT2D eigenvalue weighted by Gasteiger charge is 2.15. The zero-order valence-corrected chi connectivity index (χ0v) is 20.7. The van der Waals surface area contributed by atoms with Crippen molar-refractivity contribution in [2.24, 2.45) is 5.92 Å². The Labute approximate surface area is 205 Å². The van der Waals surface area contributed by atoms with Crippen molar-refractivity contribution in [2.75, 3.05) is 6.54 Å². The van der Waals surface area contributed by atoms with Crippen molar-refractivity contribution in [1.82, 2.24) is 19.8 Å². The number of carbonyl (C=O) groups excluding carboxylic acids is 2. The third-order valence-corrected chi connectivity index (χ3v) is 5.79. The summed E-state index contributed by atoms with van der Waals surface area (Å²) in [6, 6.07) is 14.7. The van der Waals surface area contributed by atoms with Crippen LogP contribution in [0.25, 0.3) is 10.9 Å². The summed E-state index contributed by atoms with van der Waals surface area (Å²) in [6.45, 7) is 7.02. The number of unbranched alkanes of at least 4 members (excludes halogenated alkanes) is 1. The monoisotopic (exact) mass is 478 g/mol. The van der Waals surface area contributed by atoms with Gasteiger partial charge in [0, 0.05) is 26.1 Å². The zero-order valence-electron chi connectivity index (χ0n) is 20.7. The molecule has 0 aliphatic heterocycles. The minimum atomic E-state index is -0.525. The summed E-state index contributed by atoms with van der Waals surface area (Å²) in [5.74, 6) is 0.0275. The number of nitrogens with one attached hydrogen (secondary N) is 2. The van der Waals surface area contributed by atoms with Gasteiger partial charge in [-0.15, -0.1) is 0 Å². The van der Waals surface area contributed by atoms with Crippen molar-refractivity contribution in [3.8, 4) is 0 Å². The van der Waals surface area contributed by atoms with E-state index >= 15 is 0 Å². The lowest BCUT2D eigenvalue weighted by Gasteiger charge is -2.14. The molecule has 0 spiro atoms. The second-order valence-electron chi connectivity index (χ2n) is 9.26. The lowest BCUT2D eigenvalue weighted by atomic mass is 10.1. The van der Waals surface area contributed by atoms with Crippen molar-refractivity contribution >= 4 is 22.7 Å². The topological polar surface area (TPSA) is 102 Å². The number of fused-ring (bicyclic) bond motifs is 1. The van der Waals surface area contributed by atoms with Gasteiger partial charge in [-0.05, 0) is 43.4 Å². The summed E-state index contributed by atoms with van der Waals surface area (Å²) >= 11 is 0. The molecule has 35 heavy (non-hydrogen) atoms. The summed E-state index contributed by atoms with van der Waals surface area (Å²) < 4.78 is 2.51. The highest BCUT2D eigenvalue weighted by Crippen LogP contribution is 2.08. The van der Waals surface area contributed by atoms with Crippen LogP contribution < -0.4 is 21.9 Å². The average Bonchev–Trinajstić information content (AvgIpc) is 2.84. The fraction of sp³-hybridized carbons (Fsp3) is 0.407. The molecule has 3 rings (SSSR count). The molecule has 0 aliphatic rings. The molecule has 0 atom stereocenters. The van der Waals surface area contributed by atoms with E-state index in [1.165, 1.54) is 9.13 Å². The largest absolute Gasteiger partial charge is 0.356 e. The van der Waals surface area contributed by atoms with Gasteiger partial charge in [0.25, 0.3) is 5.56 Å². The van der Waals surface area contributed by atoms with Crippen molar-refractivity contribution in [1.29, 1.82) is 0 Å². The van der Waals surface area contributed by atoms with Gasteiger partial charge in [0.15, 0.2) is 0 Å². The third-order valence-electron chi connectivity index (χ3n) is 5.79. The predicted molar refractivity (Wildman–Crippen MR) is 137 cm³/mol. The Hall–Kier alpha value is -3.68. The summed E-state index contributed by atoms with van der Waals surface area (Å²) in [4.78, 5) is 50.8. The van der Waals surface area contributed by atoms with Crippen LogP contribution in [-0.2, 0) is 29.2 Å². The Balaban J connectivity index is 1.72. The maximum Gasteiger partial charge on any atom is 0.331 e. The Morgan fingerprint density at radius 3 is 2.31 bits per heavy atom. The third kappa shape index (κ3) is 7.15. The zero-order chi connectivity index (χ0) is 25.4. The van der Waals surface area contributed by atoms with Crippen LogP contribution >= 0.6 is 0 Å². The molecule has 0 fully saturated rings. The number of amides is 2. The molecule has 2 amide bonds. The van der Waals surface area contributed by atoms with Gasteiger partial charge < -0.3 is 10.6 Å². The number of rotatable bonds is 11. The van der Waals surface area contributed by atoms with Crippen LogP contribution in [0.2, 0.25) is 0 Å². The Morgan fingerprint density at radius 2 is 1.60 bits per heavy atom. The number of benzene rings is 2. The van der Waals surface area contributed by atoms with E-state index in [0.29, 0.717) is 49.2 Å². The van der Waals surface area contributed by atoms with Gasteiger partial charge in [0.2, 0.25) is 11.8 Å². The number of aromatic nitrogens is 2. The molecule has 186 valence electrons. The van der Waals surface area contributed by atoms with Crippen LogP contribution in [0.1, 0.15) is 44.2 Å². The van der Waals surface area contributed by atoms with E-state index in [4.69, 9.17) is 0 Å². The van der Waals surface area contributed by atoms with Crippen molar-refractivity contribution in [3.05, 3.63) is 80.5 Å². The summed E-state index contributed by atoms with van der Waals surface area (Å²) in [5.41, 5.74) is 1.62. The first-order valence-electron chi connectivity index (χ1n) is 12.1. The first-order chi connectivity index (χ1) is 16.8. The second-order valence-corrected chi connectivity index (χ2v) is 9.26. The predicted octanol–water partition coefficient (Wildman–Crippen LogP) is 2.73. The van der Waals surface area contributed by atoms with Crippen LogP contribution in [0.15, 0.2) is 58.1 Å². The van der Waals surface area contributed by atoms with Crippen LogP contribution in [-0.4, -0.2) is 27.5 Å². The lowest BCUT2D eigenvalue weighted by Crippen LogP contribution is -2.42. The molecular formula is C27H34N4O4. The maximum atomic E-state index is 13.2. The molecule has 1 aromatic heterocycles. The van der Waals surface area contributed by atoms with Crippen molar-refractivity contribution in [3.63, 3.8) is 0 Å². The Kier molecular flexibility index (Phi) is 9.00. The molecule has 0 bridgehead atoms. The standard InChI is InChI=1S/C27H34N4O4/c1-19(2)16-28-24(32)10-6-7-15-30-26(34)22-8-4-5-9-23(22)31(27(30)35)18-25(33)29-17-21-13-11-20(3)12-14-21/h4-5,8-9,11-14,19H,6-7,10,15-18H2,1-3H3,(H,28,32)(H,29,33). The van der Waals surface area contributed by atoms with Crippen LogP contribution in [0, 0.1) is 12.8 Å². The number of carbonyl (C=O) groups is 2. The molecule has 2 aromatic carbocycles. The van der Waals surface area contributed by atoms with E-state index in [2.05, 4.69) is 10.6 Å². The van der Waals surface area contributed by atoms with E-state index in [9.17, 15) is 19.2 Å². The SMILES string of the molecule is Cc1ccc(CNC(=O)Cn2c(=O)n(CCCCC(=O)NCC(C)C)c(=O)c3ccccc32)cc1. The lowest BCUT2D eigenvalue weighted by molar-refractivity contribution is -0.122. The van der Waals surface area contributed by atoms with Gasteiger partial charge in [-0.25, -0.2) is 4.79 Å².